The molecule has 0 unspecified atom stereocenters. The average Bonchev–Trinajstić information content (AvgIpc) is 3.99. The van der Waals surface area contributed by atoms with E-state index in [9.17, 15) is 40.2 Å². The van der Waals surface area contributed by atoms with E-state index in [1.807, 2.05) is 47.4 Å². The number of methoxy groups -OCH3 is 1. The van der Waals surface area contributed by atoms with Crippen molar-refractivity contribution >= 4 is 18.2 Å². The molecule has 1 saturated heterocycles. The van der Waals surface area contributed by atoms with Crippen LogP contribution in [0.2, 0.25) is 0 Å². The number of esters is 1. The van der Waals surface area contributed by atoms with Crippen LogP contribution in [0.4, 0.5) is 0 Å². The van der Waals surface area contributed by atoms with Crippen molar-refractivity contribution < 1.29 is 73.4 Å². The topological polar surface area (TPSA) is 288 Å². The highest BCUT2D eigenvalue weighted by Crippen LogP contribution is 2.60. The molecule has 19 nitrogen and oxygen atoms in total. The van der Waals surface area contributed by atoms with Crippen molar-refractivity contribution in [1.29, 1.82) is 0 Å². The minimum Gasteiger partial charge on any atom is -0.493 e. The Morgan fingerprint density at radius 3 is 2.60 bits per heavy atom. The number of carboxylic acid groups (broad SMARTS) is 1. The molecule has 19 heteroatoms. The van der Waals surface area contributed by atoms with Crippen molar-refractivity contribution in [2.75, 3.05) is 33.5 Å². The van der Waals surface area contributed by atoms with Crippen LogP contribution in [0, 0.1) is 11.8 Å². The summed E-state index contributed by atoms with van der Waals surface area (Å²) in [6.07, 6.45) is -9.90. The van der Waals surface area contributed by atoms with Crippen molar-refractivity contribution in [2.24, 2.45) is 16.5 Å². The molecule has 7 aliphatic heterocycles. The minimum absolute atomic E-state index is 0.0287. The maximum absolute atomic E-state index is 12.6. The van der Waals surface area contributed by atoms with E-state index in [2.05, 4.69) is 16.8 Å². The maximum atomic E-state index is 12.6. The lowest BCUT2D eigenvalue weighted by molar-refractivity contribution is -0.324. The summed E-state index contributed by atoms with van der Waals surface area (Å²) in [5, 5.41) is 65.0. The van der Waals surface area contributed by atoms with Crippen LogP contribution in [-0.4, -0.2) is 136 Å². The Balaban J connectivity index is 1.22. The first kappa shape index (κ1) is 44.0. The molecular formula is C46H48N4O15. The molecule has 3 aromatic rings. The van der Waals surface area contributed by atoms with Gasteiger partial charge in [0.2, 0.25) is 12.0 Å². The van der Waals surface area contributed by atoms with E-state index in [1.54, 1.807) is 18.3 Å². The molecule has 0 aromatic heterocycles. The van der Waals surface area contributed by atoms with Crippen LogP contribution in [0.15, 0.2) is 76.6 Å². The summed E-state index contributed by atoms with van der Waals surface area (Å²) < 4.78 is 43.8. The number of fused-ring (bicyclic) bond motifs is 9. The monoisotopic (exact) mass is 896 g/mol. The molecular weight excluding hydrogens is 849 g/mol. The Hall–Kier alpha value is -6.21. The third-order valence-corrected chi connectivity index (χ3v) is 12.5. The summed E-state index contributed by atoms with van der Waals surface area (Å²) in [7, 11) is 1.51. The largest absolute Gasteiger partial charge is 0.493 e. The fourth-order valence-corrected chi connectivity index (χ4v) is 9.54. The van der Waals surface area contributed by atoms with Gasteiger partial charge in [0.25, 0.3) is 0 Å². The molecule has 2 bridgehead atoms. The molecule has 0 aliphatic carbocycles. The number of rotatable bonds is 14. The van der Waals surface area contributed by atoms with Gasteiger partial charge in [-0.3, -0.25) is 14.6 Å². The number of nitrogens with two attached hydrogens (primary N) is 2. The number of aliphatic imine (C=N–C) groups is 1. The number of benzene rings is 3. The second kappa shape index (κ2) is 17.6. The lowest BCUT2D eigenvalue weighted by Gasteiger charge is -2.50. The number of carbonyl (C=O) groups is 2. The summed E-state index contributed by atoms with van der Waals surface area (Å²) in [4.78, 5) is 30.4. The Morgan fingerprint density at radius 1 is 1.08 bits per heavy atom. The number of ether oxygens (including phenoxy) is 7. The van der Waals surface area contributed by atoms with Crippen LogP contribution < -0.4 is 35.2 Å². The number of hydrogen-bond donors (Lipinski definition) is 8. The quantitative estimate of drug-likeness (QED) is 0.0466. The highest BCUT2D eigenvalue weighted by atomic mass is 16.7. The molecule has 3 aromatic carbocycles. The highest BCUT2D eigenvalue weighted by molar-refractivity contribution is 5.90. The maximum Gasteiger partial charge on any atom is 0.317 e. The minimum atomic E-state index is -2.51. The zero-order valence-electron chi connectivity index (χ0n) is 35.0. The molecule has 0 saturated carbocycles. The Kier molecular flexibility index (Phi) is 11.9. The third-order valence-electron chi connectivity index (χ3n) is 12.5. The van der Waals surface area contributed by atoms with E-state index < -0.39 is 85.4 Å². The Bertz CT molecular complexity index is 2540. The molecule has 0 amide bonds. The van der Waals surface area contributed by atoms with Gasteiger partial charge in [-0.05, 0) is 17.7 Å². The Labute approximate surface area is 372 Å². The molecule has 10 rings (SSSR count). The van der Waals surface area contributed by atoms with E-state index >= 15 is 0 Å². The molecule has 0 spiro atoms. The first-order chi connectivity index (χ1) is 31.3. The van der Waals surface area contributed by atoms with Crippen LogP contribution >= 0.6 is 0 Å². The predicted octanol–water partition coefficient (Wildman–Crippen LogP) is 0.259. The van der Waals surface area contributed by atoms with Crippen LogP contribution in [0.3, 0.4) is 0 Å². The molecule has 65 heavy (non-hydrogen) atoms. The van der Waals surface area contributed by atoms with Crippen molar-refractivity contribution in [2.45, 2.75) is 86.4 Å². The second-order valence-electron chi connectivity index (χ2n) is 16.5. The molecule has 342 valence electrons. The van der Waals surface area contributed by atoms with Gasteiger partial charge in [0.1, 0.15) is 60.6 Å². The van der Waals surface area contributed by atoms with Crippen molar-refractivity contribution in [3.05, 3.63) is 99.4 Å². The fraction of sp³-hybridized carbons (Fsp3) is 0.413. The number of aliphatic carboxylic acids is 1. The average molecular weight is 897 g/mol. The number of nitrogens with zero attached hydrogens (tertiary/aromatic N) is 2. The molecule has 1 fully saturated rings. The van der Waals surface area contributed by atoms with Gasteiger partial charge in [-0.25, -0.2) is 0 Å². The standard InChI is InChI=1S/C46H48N4O15/c1-59-28-10-9-25-34-30(16-22-6-3-2-4-7-22)61-31-17-29-24(8-5-12-46(58)42(57)37(56)45(62-29)65-43(46)41(44(47)48)63-33(55)18-32(53)54)26(20-50-19-23-11-13-49-36(23)27(50)21-52)35(31)40(34)64-38(25)39(28)60-15-14-51/h2-4,6-7,9-11,13,17,30,34,37,40-45,51-52,56-58H,12,14-16,18-21,47-48H2,1H3,(H,53,54)/t30-,34-,37-,40-,41+,42-,43-,45-,46+/m1/s1. The van der Waals surface area contributed by atoms with Gasteiger partial charge < -0.3 is 80.2 Å². The first-order valence-electron chi connectivity index (χ1n) is 21.0. The van der Waals surface area contributed by atoms with Gasteiger partial charge >= 0.3 is 11.9 Å². The second-order valence-corrected chi connectivity index (χ2v) is 16.5. The van der Waals surface area contributed by atoms with E-state index in [4.69, 9.17) is 44.6 Å². The molecule has 9 atom stereocenters. The van der Waals surface area contributed by atoms with Crippen LogP contribution in [0.25, 0.3) is 0 Å². The number of allylic oxidation sites excluding steroid dienone is 1. The molecule has 7 heterocycles. The van der Waals surface area contributed by atoms with Crippen LogP contribution in [-0.2, 0) is 32.0 Å². The van der Waals surface area contributed by atoms with Crippen LogP contribution in [0.5, 0.6) is 28.7 Å². The van der Waals surface area contributed by atoms with Gasteiger partial charge in [0.15, 0.2) is 17.6 Å². The lowest BCUT2D eigenvalue weighted by atomic mass is 9.78. The summed E-state index contributed by atoms with van der Waals surface area (Å²) >= 11 is 0. The van der Waals surface area contributed by atoms with Gasteiger partial charge in [0.05, 0.1) is 49.4 Å². The van der Waals surface area contributed by atoms with Crippen LogP contribution in [0.1, 0.15) is 52.7 Å². The summed E-state index contributed by atoms with van der Waals surface area (Å²) in [5.74, 6) is 4.32. The normalized spacial score (nSPS) is 27.1. The van der Waals surface area contributed by atoms with Crippen molar-refractivity contribution in [3.63, 3.8) is 0 Å². The highest BCUT2D eigenvalue weighted by Gasteiger charge is 2.60. The van der Waals surface area contributed by atoms with E-state index in [0.29, 0.717) is 58.5 Å². The third kappa shape index (κ3) is 7.81. The summed E-state index contributed by atoms with van der Waals surface area (Å²) in [5.41, 5.74) is 14.8. The lowest BCUT2D eigenvalue weighted by Crippen LogP contribution is -2.72. The first-order valence-corrected chi connectivity index (χ1v) is 21.0. The number of aliphatic hydroxyl groups is 5. The number of hydrogen-bond acceptors (Lipinski definition) is 18. The van der Waals surface area contributed by atoms with Crippen molar-refractivity contribution in [3.8, 4) is 40.6 Å². The van der Waals surface area contributed by atoms with Gasteiger partial charge in [-0.15, -0.1) is 0 Å². The summed E-state index contributed by atoms with van der Waals surface area (Å²) in [6.45, 7) is -0.175. The smallest absolute Gasteiger partial charge is 0.317 e. The molecule has 10 N–H and O–H groups in total. The van der Waals surface area contributed by atoms with Gasteiger partial charge in [0, 0.05) is 60.5 Å². The van der Waals surface area contributed by atoms with E-state index in [0.717, 1.165) is 16.7 Å². The zero-order chi connectivity index (χ0) is 45.7. The number of aliphatic hydroxyl groups excluding tert-OH is 4. The van der Waals surface area contributed by atoms with Crippen molar-refractivity contribution in [1.82, 2.24) is 4.90 Å². The van der Waals surface area contributed by atoms with Gasteiger partial charge in [-0.1, -0.05) is 48.2 Å². The molecule has 7 aliphatic rings. The van der Waals surface area contributed by atoms with E-state index in [-0.39, 0.29) is 37.7 Å². The predicted molar refractivity (Wildman–Crippen MR) is 226 cm³/mol. The summed E-state index contributed by atoms with van der Waals surface area (Å²) in [6, 6.07) is 15.0. The zero-order valence-corrected chi connectivity index (χ0v) is 35.0. The Morgan fingerprint density at radius 2 is 1.88 bits per heavy atom. The molecule has 0 radical (unpaired) electrons. The SMILES string of the molecule is COc1ccc2c(c1OCCO)O[C@H]1c3c(cc4c(c3CN3CC5=CC=NC5=C3CO)C#CC[C@]3(O)[C@H](O)[C@@H](O)[C@H](O4)O[C@@H]3[C@H](OC(=O)CC(=O)O)C(N)N)O[C@H](Cc3ccccc3)[C@@H]21. The number of carboxylic acids is 1. The van der Waals surface area contributed by atoms with Gasteiger partial charge in [-0.2, -0.15) is 0 Å². The number of carbonyl (C=O) groups excluding carboxylic acids is 1. The van der Waals surface area contributed by atoms with E-state index in [1.165, 1.54) is 7.11 Å². The fourth-order valence-electron chi connectivity index (χ4n) is 9.54.